The molecule has 92 valence electrons. The Morgan fingerprint density at radius 2 is 2.11 bits per heavy atom. The molecular weight excluding hydrogens is 233 g/mol. The Bertz CT molecular complexity index is 581. The van der Waals surface area contributed by atoms with Crippen LogP contribution >= 0.6 is 0 Å². The van der Waals surface area contributed by atoms with Gasteiger partial charge in [-0.05, 0) is 37.3 Å². The Hall–Kier alpha value is -2.43. The second kappa shape index (κ2) is 4.83. The van der Waals surface area contributed by atoms with E-state index in [0.29, 0.717) is 11.3 Å². The molecule has 3 N–H and O–H groups in total. The third-order valence-electron chi connectivity index (χ3n) is 2.35. The Morgan fingerprint density at radius 3 is 2.67 bits per heavy atom. The fourth-order valence-corrected chi connectivity index (χ4v) is 1.39. The highest BCUT2D eigenvalue weighted by molar-refractivity contribution is 5.95. The third kappa shape index (κ3) is 2.63. The third-order valence-corrected chi connectivity index (χ3v) is 2.35. The molecule has 0 radical (unpaired) electrons. The van der Waals surface area contributed by atoms with Crippen molar-refractivity contribution in [2.45, 2.75) is 6.92 Å². The summed E-state index contributed by atoms with van der Waals surface area (Å²) in [6.07, 6.45) is 1.52. The minimum absolute atomic E-state index is 0.0747. The van der Waals surface area contributed by atoms with Crippen LogP contribution in [0, 0.1) is 18.2 Å². The molecule has 0 saturated heterocycles. The summed E-state index contributed by atoms with van der Waals surface area (Å²) in [5.74, 6) is -0.221. The number of hydrogen-bond donors (Lipinski definition) is 2. The van der Waals surface area contributed by atoms with Gasteiger partial charge in [-0.15, -0.1) is 0 Å². The zero-order valence-electron chi connectivity index (χ0n) is 9.77. The van der Waals surface area contributed by atoms with Crippen LogP contribution in [0.5, 0.6) is 11.5 Å². The first-order valence-electron chi connectivity index (χ1n) is 5.31. The number of pyridine rings is 1. The summed E-state index contributed by atoms with van der Waals surface area (Å²) in [4.78, 5) is 4.05. The number of aromatic nitrogens is 1. The summed E-state index contributed by atoms with van der Waals surface area (Å²) in [5, 5.41) is 7.21. The topological polar surface area (TPSA) is 72.0 Å². The second-order valence-electron chi connectivity index (χ2n) is 3.80. The molecule has 0 atom stereocenters. The minimum Gasteiger partial charge on any atom is -0.453 e. The monoisotopic (exact) mass is 245 g/mol. The average Bonchev–Trinajstić information content (AvgIpc) is 2.34. The van der Waals surface area contributed by atoms with Gasteiger partial charge in [0.2, 0.25) is 0 Å². The van der Waals surface area contributed by atoms with Gasteiger partial charge in [-0.25, -0.2) is 4.39 Å². The van der Waals surface area contributed by atoms with Crippen molar-refractivity contribution in [3.05, 3.63) is 53.6 Å². The molecule has 2 aromatic rings. The number of nitrogens with one attached hydrogen (secondary N) is 1. The molecule has 5 heteroatoms. The molecule has 18 heavy (non-hydrogen) atoms. The number of benzene rings is 1. The zero-order valence-corrected chi connectivity index (χ0v) is 9.77. The van der Waals surface area contributed by atoms with Crippen molar-refractivity contribution in [1.82, 2.24) is 4.98 Å². The number of halogens is 1. The smallest absolute Gasteiger partial charge is 0.166 e. The highest BCUT2D eigenvalue weighted by Gasteiger charge is 2.07. The maximum atomic E-state index is 13.7. The van der Waals surface area contributed by atoms with E-state index in [1.54, 1.807) is 12.1 Å². The predicted molar refractivity (Wildman–Crippen MR) is 66.5 cm³/mol. The molecule has 4 nitrogen and oxygen atoms in total. The van der Waals surface area contributed by atoms with E-state index in [4.69, 9.17) is 15.9 Å². The van der Waals surface area contributed by atoms with Gasteiger partial charge in [0.25, 0.3) is 0 Å². The molecule has 0 fully saturated rings. The predicted octanol–water partition coefficient (Wildman–Crippen LogP) is 2.61. The number of aryl methyl sites for hydroxylation is 1. The highest BCUT2D eigenvalue weighted by atomic mass is 19.1. The van der Waals surface area contributed by atoms with Crippen LogP contribution < -0.4 is 10.5 Å². The minimum atomic E-state index is -0.566. The van der Waals surface area contributed by atoms with Gasteiger partial charge in [0.15, 0.2) is 11.6 Å². The van der Waals surface area contributed by atoms with Crippen molar-refractivity contribution < 1.29 is 9.13 Å². The maximum absolute atomic E-state index is 13.7. The quantitative estimate of drug-likeness (QED) is 0.645. The van der Waals surface area contributed by atoms with Crippen LogP contribution in [-0.2, 0) is 0 Å². The van der Waals surface area contributed by atoms with Crippen LogP contribution in [0.4, 0.5) is 4.39 Å². The van der Waals surface area contributed by atoms with Crippen LogP contribution in [0.1, 0.15) is 11.3 Å². The van der Waals surface area contributed by atoms with Gasteiger partial charge in [0, 0.05) is 11.3 Å². The van der Waals surface area contributed by atoms with Gasteiger partial charge in [-0.3, -0.25) is 10.4 Å². The fraction of sp³-hybridized carbons (Fsp3) is 0.0769. The lowest BCUT2D eigenvalue weighted by Gasteiger charge is -2.07. The standard InChI is InChI=1S/C13H12FN3O/c1-8-2-4-10(7-17-8)18-12-5-3-9(13(15)16)6-11(12)14/h2-7H,1H3,(H3,15,16). The Labute approximate surface area is 104 Å². The largest absolute Gasteiger partial charge is 0.453 e. The number of nitrogens with zero attached hydrogens (tertiary/aromatic N) is 1. The molecule has 0 aliphatic heterocycles. The molecule has 1 aromatic heterocycles. The van der Waals surface area contributed by atoms with Gasteiger partial charge in [0.05, 0.1) is 6.20 Å². The van der Waals surface area contributed by atoms with Gasteiger partial charge in [-0.1, -0.05) is 0 Å². The number of rotatable bonds is 3. The molecule has 0 aliphatic carbocycles. The van der Waals surface area contributed by atoms with Crippen LogP contribution in [0.3, 0.4) is 0 Å². The van der Waals surface area contributed by atoms with Crippen molar-refractivity contribution in [1.29, 1.82) is 5.41 Å². The van der Waals surface area contributed by atoms with E-state index in [0.717, 1.165) is 5.69 Å². The van der Waals surface area contributed by atoms with Crippen molar-refractivity contribution >= 4 is 5.84 Å². The van der Waals surface area contributed by atoms with Crippen LogP contribution in [-0.4, -0.2) is 10.8 Å². The summed E-state index contributed by atoms with van der Waals surface area (Å²) in [5.41, 5.74) is 6.45. The van der Waals surface area contributed by atoms with Crippen molar-refractivity contribution in [2.24, 2.45) is 5.73 Å². The number of ether oxygens (including phenoxy) is 1. The van der Waals surface area contributed by atoms with E-state index < -0.39 is 5.82 Å². The molecule has 0 unspecified atom stereocenters. The van der Waals surface area contributed by atoms with Gasteiger partial charge in [-0.2, -0.15) is 0 Å². The zero-order chi connectivity index (χ0) is 13.1. The normalized spacial score (nSPS) is 10.1. The molecule has 0 aliphatic rings. The Kier molecular flexibility index (Phi) is 3.23. The number of nitrogen functional groups attached to an aromatic ring is 1. The van der Waals surface area contributed by atoms with Crippen molar-refractivity contribution in [3.63, 3.8) is 0 Å². The first-order chi connectivity index (χ1) is 8.56. The molecule has 1 heterocycles. The second-order valence-corrected chi connectivity index (χ2v) is 3.80. The average molecular weight is 245 g/mol. The van der Waals surface area contributed by atoms with Crippen LogP contribution in [0.2, 0.25) is 0 Å². The summed E-state index contributed by atoms with van der Waals surface area (Å²) >= 11 is 0. The maximum Gasteiger partial charge on any atom is 0.166 e. The lowest BCUT2D eigenvalue weighted by atomic mass is 10.2. The first-order valence-corrected chi connectivity index (χ1v) is 5.31. The Morgan fingerprint density at radius 1 is 1.33 bits per heavy atom. The highest BCUT2D eigenvalue weighted by Crippen LogP contribution is 2.24. The molecule has 0 amide bonds. The summed E-state index contributed by atoms with van der Waals surface area (Å²) < 4.78 is 19.0. The molecule has 2 rings (SSSR count). The van der Waals surface area contributed by atoms with E-state index in [9.17, 15) is 4.39 Å². The van der Waals surface area contributed by atoms with Crippen molar-refractivity contribution in [3.8, 4) is 11.5 Å². The lowest BCUT2D eigenvalue weighted by Crippen LogP contribution is -2.11. The van der Waals surface area contributed by atoms with E-state index in [1.807, 2.05) is 6.92 Å². The van der Waals surface area contributed by atoms with Gasteiger partial charge < -0.3 is 10.5 Å². The Balaban J connectivity index is 2.24. The van der Waals surface area contributed by atoms with Crippen LogP contribution in [0.25, 0.3) is 0 Å². The molecule has 0 spiro atoms. The SMILES string of the molecule is Cc1ccc(Oc2ccc(C(=N)N)cc2F)cn1. The van der Waals surface area contributed by atoms with Crippen molar-refractivity contribution in [2.75, 3.05) is 0 Å². The van der Waals surface area contributed by atoms with Gasteiger partial charge >= 0.3 is 0 Å². The molecular formula is C13H12FN3O. The van der Waals surface area contributed by atoms with Gasteiger partial charge in [0.1, 0.15) is 11.6 Å². The first kappa shape index (κ1) is 12.0. The number of amidine groups is 1. The molecule has 1 aromatic carbocycles. The fourth-order valence-electron chi connectivity index (χ4n) is 1.39. The summed E-state index contributed by atoms with van der Waals surface area (Å²) in [6, 6.07) is 7.62. The van der Waals surface area contributed by atoms with Crippen LogP contribution in [0.15, 0.2) is 36.5 Å². The lowest BCUT2D eigenvalue weighted by molar-refractivity contribution is 0.440. The molecule has 0 bridgehead atoms. The van der Waals surface area contributed by atoms with E-state index in [2.05, 4.69) is 4.98 Å². The summed E-state index contributed by atoms with van der Waals surface area (Å²) in [7, 11) is 0. The van der Waals surface area contributed by atoms with E-state index >= 15 is 0 Å². The summed E-state index contributed by atoms with van der Waals surface area (Å²) in [6.45, 7) is 1.85. The van der Waals surface area contributed by atoms with E-state index in [1.165, 1.54) is 24.4 Å². The number of hydrogen-bond acceptors (Lipinski definition) is 3. The van der Waals surface area contributed by atoms with E-state index in [-0.39, 0.29) is 11.6 Å². The number of nitrogens with two attached hydrogens (primary N) is 1. The molecule has 0 saturated carbocycles.